The summed E-state index contributed by atoms with van der Waals surface area (Å²) in [7, 11) is 1.08. The van der Waals surface area contributed by atoms with Crippen LogP contribution in [0.5, 0.6) is 0 Å². The van der Waals surface area contributed by atoms with Crippen molar-refractivity contribution in [2.75, 3.05) is 50.2 Å². The van der Waals surface area contributed by atoms with E-state index in [9.17, 15) is 56.6 Å². The highest BCUT2D eigenvalue weighted by atomic mass is 19.4. The van der Waals surface area contributed by atoms with Gasteiger partial charge in [-0.3, -0.25) is 43.9 Å². The zero-order chi connectivity index (χ0) is 50.6. The summed E-state index contributed by atoms with van der Waals surface area (Å²) >= 11 is 0. The van der Waals surface area contributed by atoms with Gasteiger partial charge in [-0.2, -0.15) is 13.2 Å². The number of aliphatic hydroxyl groups is 1. The number of alkyl halides is 3. The van der Waals surface area contributed by atoms with Crippen LogP contribution >= 0.6 is 0 Å². The number of hydrogen-bond donors (Lipinski definition) is 6. The van der Waals surface area contributed by atoms with E-state index in [1.54, 1.807) is 20.8 Å². The first-order chi connectivity index (χ1) is 31.8. The molecule has 6 amide bonds. The number of nitrogens with zero attached hydrogens (tertiary/aromatic N) is 3. The van der Waals surface area contributed by atoms with Crippen LogP contribution in [0.1, 0.15) is 76.7 Å². The number of benzene rings is 2. The highest BCUT2D eigenvalue weighted by molar-refractivity contribution is 6.00. The van der Waals surface area contributed by atoms with Crippen LogP contribution in [0.3, 0.4) is 0 Å². The van der Waals surface area contributed by atoms with Crippen LogP contribution < -0.4 is 31.7 Å². The second-order valence-corrected chi connectivity index (χ2v) is 17.1. The third kappa shape index (κ3) is 14.9. The van der Waals surface area contributed by atoms with Crippen LogP contribution in [0.25, 0.3) is 10.9 Å². The fourth-order valence-electron chi connectivity index (χ4n) is 6.41. The molecule has 0 spiro atoms. The van der Waals surface area contributed by atoms with Gasteiger partial charge in [-0.1, -0.05) is 40.7 Å². The molecule has 0 bridgehead atoms. The number of aromatic nitrogens is 2. The lowest BCUT2D eigenvalue weighted by Crippen LogP contribution is -2.48. The minimum atomic E-state index is -5.31. The van der Waals surface area contributed by atoms with Crippen molar-refractivity contribution < 1.29 is 66.1 Å². The average molecular weight is 959 g/mol. The number of nitrogens with one attached hydrogen (secondary N) is 5. The summed E-state index contributed by atoms with van der Waals surface area (Å²) in [5, 5.41) is 20.1. The van der Waals surface area contributed by atoms with E-state index < -0.39 is 77.3 Å². The maximum absolute atomic E-state index is 13.9. The number of aliphatic hydroxyl groups excluding tert-OH is 1. The smallest absolute Gasteiger partial charge is 0.467 e. The Kier molecular flexibility index (Phi) is 18.5. The Labute approximate surface area is 389 Å². The zero-order valence-corrected chi connectivity index (χ0v) is 38.7. The molecule has 2 aromatic carbocycles. The number of amides is 6. The first-order valence-electron chi connectivity index (χ1n) is 21.5. The molecule has 20 nitrogen and oxygen atoms in total. The van der Waals surface area contributed by atoms with Gasteiger partial charge >= 0.3 is 18.1 Å². The lowest BCUT2D eigenvalue weighted by atomic mass is 9.86. The van der Waals surface area contributed by atoms with Crippen LogP contribution in [0.15, 0.2) is 59.4 Å². The highest BCUT2D eigenvalue weighted by Gasteiger charge is 2.43. The number of esters is 1. The number of rotatable bonds is 22. The summed E-state index contributed by atoms with van der Waals surface area (Å²) < 4.78 is 58.4. The number of halogens is 3. The summed E-state index contributed by atoms with van der Waals surface area (Å²) in [6, 6.07) is 7.15. The molecule has 0 fully saturated rings. The Hall–Kier alpha value is -6.72. The van der Waals surface area contributed by atoms with Gasteiger partial charge in [0.25, 0.3) is 11.5 Å². The van der Waals surface area contributed by atoms with E-state index in [2.05, 4.69) is 31.2 Å². The number of carbonyl (C=O) groups is 7. The Bertz CT molecular complexity index is 2420. The highest BCUT2D eigenvalue weighted by Crippen LogP contribution is 2.34. The summed E-state index contributed by atoms with van der Waals surface area (Å²) in [6.45, 7) is 10.2. The van der Waals surface area contributed by atoms with Gasteiger partial charge in [0.15, 0.2) is 5.79 Å². The Balaban J connectivity index is 1.30. The number of anilines is 2. The molecule has 0 saturated heterocycles. The van der Waals surface area contributed by atoms with Crippen LogP contribution in [0, 0.1) is 11.3 Å². The molecule has 23 heteroatoms. The maximum Gasteiger partial charge on any atom is 0.471 e. The van der Waals surface area contributed by atoms with Crippen molar-refractivity contribution in [3.8, 4) is 0 Å². The van der Waals surface area contributed by atoms with Gasteiger partial charge in [0.1, 0.15) is 12.3 Å². The van der Waals surface area contributed by atoms with Crippen LogP contribution in [0.4, 0.5) is 24.8 Å². The number of H-pyrrole nitrogens is 1. The van der Waals surface area contributed by atoms with Crippen molar-refractivity contribution in [1.82, 2.24) is 30.8 Å². The summed E-state index contributed by atoms with van der Waals surface area (Å²) in [4.78, 5) is 109. The molecule has 3 atom stereocenters. The molecular weight excluding hydrogens is 902 g/mol. The molecule has 2 heterocycles. The Morgan fingerprint density at radius 2 is 1.53 bits per heavy atom. The van der Waals surface area contributed by atoms with Crippen molar-refractivity contribution in [3.05, 3.63) is 76.1 Å². The van der Waals surface area contributed by atoms with Crippen LogP contribution in [0.2, 0.25) is 0 Å². The van der Waals surface area contributed by atoms with Crippen LogP contribution in [-0.2, 0) is 49.5 Å². The van der Waals surface area contributed by atoms with E-state index in [-0.39, 0.29) is 97.6 Å². The van der Waals surface area contributed by atoms with Gasteiger partial charge in [0.05, 0.1) is 37.8 Å². The number of fused-ring (bicyclic) bond motifs is 1. The van der Waals surface area contributed by atoms with Gasteiger partial charge in [0.2, 0.25) is 29.6 Å². The second kappa shape index (κ2) is 23.3. The topological polar surface area (TPSA) is 268 Å². The Morgan fingerprint density at radius 3 is 2.07 bits per heavy atom. The van der Waals surface area contributed by atoms with E-state index >= 15 is 0 Å². The molecule has 0 aliphatic carbocycles. The largest absolute Gasteiger partial charge is 0.471 e. The van der Waals surface area contributed by atoms with Gasteiger partial charge in [-0.05, 0) is 61.4 Å². The molecule has 2 unspecified atom stereocenters. The molecule has 1 aliphatic heterocycles. The van der Waals surface area contributed by atoms with E-state index in [1.807, 2.05) is 20.8 Å². The quantitative estimate of drug-likeness (QED) is 0.0481. The number of aromatic amines is 1. The Morgan fingerprint density at radius 1 is 0.912 bits per heavy atom. The molecule has 370 valence electrons. The number of hydrogen-bond acceptors (Lipinski definition) is 13. The number of methoxy groups -OCH3 is 1. The maximum atomic E-state index is 13.9. The standard InChI is InChI=1S/C45H57F3N8O12/c1-26(2)37(61)53-42-52-31-13-8-27(24-30(31)39(63)54-42)25-56(41(65)45(46,47)48)29-11-9-28(10-12-29)38(62)51-32(40(64)66-7)14-15-33(57)49-19-22-67-44(6,43(3,4)5)68-23-20-50-34(58)18-21-55-35(59)16-17-36(55)60/h8-13,16-17,24,26,32,35,59H,14-15,18-23,25H2,1-7H3,(H,49,57)(H,50,58)(H,51,62)(H2,52,53,54,61,63)/t32-,35?,44?/m0/s1. The third-order valence-electron chi connectivity index (χ3n) is 10.8. The number of ether oxygens (including phenoxy) is 3. The van der Waals surface area contributed by atoms with Crippen molar-refractivity contribution in [1.29, 1.82) is 0 Å². The second-order valence-electron chi connectivity index (χ2n) is 17.1. The lowest BCUT2D eigenvalue weighted by molar-refractivity contribution is -0.276. The van der Waals surface area contributed by atoms with E-state index in [1.165, 1.54) is 30.4 Å². The van der Waals surface area contributed by atoms with Crippen molar-refractivity contribution in [2.45, 2.75) is 91.6 Å². The monoisotopic (exact) mass is 958 g/mol. The van der Waals surface area contributed by atoms with Crippen LogP contribution in [-0.4, -0.2) is 126 Å². The molecule has 0 radical (unpaired) electrons. The van der Waals surface area contributed by atoms with E-state index in [4.69, 9.17) is 14.2 Å². The molecule has 4 rings (SSSR count). The van der Waals surface area contributed by atoms with Gasteiger partial charge in [0, 0.05) is 61.1 Å². The fraction of sp³-hybridized carbons (Fsp3) is 0.489. The molecule has 3 aromatic rings. The van der Waals surface area contributed by atoms with Crippen molar-refractivity contribution in [2.24, 2.45) is 11.3 Å². The van der Waals surface area contributed by atoms with Crippen molar-refractivity contribution >= 4 is 64.0 Å². The first kappa shape index (κ1) is 53.9. The molecule has 1 aromatic heterocycles. The van der Waals surface area contributed by atoms with Gasteiger partial charge < -0.3 is 45.1 Å². The van der Waals surface area contributed by atoms with E-state index in [0.29, 0.717) is 4.90 Å². The summed E-state index contributed by atoms with van der Waals surface area (Å²) in [5.41, 5.74) is -1.35. The predicted octanol–water partition coefficient (Wildman–Crippen LogP) is 2.80. The van der Waals surface area contributed by atoms with E-state index in [0.717, 1.165) is 36.3 Å². The predicted molar refractivity (Wildman–Crippen MR) is 239 cm³/mol. The normalized spacial score (nSPS) is 15.1. The zero-order valence-electron chi connectivity index (χ0n) is 38.7. The van der Waals surface area contributed by atoms with Gasteiger partial charge in [-0.15, -0.1) is 0 Å². The SMILES string of the molecule is COC(=O)[C@H](CCC(=O)NCCOC(C)(OCCNC(=O)CCN1C(=O)C=CC1O)C(C)(C)C)NC(=O)c1ccc(N(Cc2ccc3nc(NC(=O)C(C)C)[nH]c(=O)c3c2)C(=O)C(F)(F)F)cc1. The average Bonchev–Trinajstić information content (AvgIpc) is 3.60. The summed E-state index contributed by atoms with van der Waals surface area (Å²) in [6.07, 6.45) is -4.27. The molecule has 6 N–H and O–H groups in total. The van der Waals surface area contributed by atoms with Crippen molar-refractivity contribution in [3.63, 3.8) is 0 Å². The molecule has 68 heavy (non-hydrogen) atoms. The lowest BCUT2D eigenvalue weighted by Gasteiger charge is -2.41. The molecule has 0 saturated carbocycles. The fourth-order valence-corrected chi connectivity index (χ4v) is 6.41. The molecular formula is C45H57F3N8O12. The minimum absolute atomic E-state index is 0.00617. The third-order valence-corrected chi connectivity index (χ3v) is 10.8. The minimum Gasteiger partial charge on any atom is -0.467 e. The first-order valence-corrected chi connectivity index (χ1v) is 21.5. The van der Waals surface area contributed by atoms with Gasteiger partial charge in [-0.25, -0.2) is 9.78 Å². The number of carbonyl (C=O) groups excluding carboxylic acids is 7. The summed E-state index contributed by atoms with van der Waals surface area (Å²) in [5.74, 6) is -7.27. The molecule has 1 aliphatic rings.